The molecular weight excluding hydrogens is 289 g/mol. The number of benzene rings is 1. The molecule has 0 spiro atoms. The van der Waals surface area contributed by atoms with E-state index in [-0.39, 0.29) is 18.4 Å². The van der Waals surface area contributed by atoms with Crippen molar-refractivity contribution in [2.24, 2.45) is 5.92 Å². The maximum Gasteiger partial charge on any atom is 0.442 e. The minimum absolute atomic E-state index is 0.00890. The summed E-state index contributed by atoms with van der Waals surface area (Å²) in [6, 6.07) is 8.87. The van der Waals surface area contributed by atoms with Gasteiger partial charge in [-0.25, -0.2) is 0 Å². The molecular formula is C14H17F3O2S. The third kappa shape index (κ3) is 5.86. The van der Waals surface area contributed by atoms with E-state index in [0.29, 0.717) is 6.42 Å². The number of carbonyl (C=O) groups excluding carboxylic acids is 1. The number of esters is 1. The van der Waals surface area contributed by atoms with Crippen LogP contribution < -0.4 is 0 Å². The molecule has 0 heterocycles. The van der Waals surface area contributed by atoms with Crippen LogP contribution in [-0.2, 0) is 16.1 Å². The molecule has 6 heteroatoms. The zero-order valence-corrected chi connectivity index (χ0v) is 12.1. The maximum absolute atomic E-state index is 12.5. The van der Waals surface area contributed by atoms with E-state index >= 15 is 0 Å². The van der Waals surface area contributed by atoms with Crippen molar-refractivity contribution in [3.05, 3.63) is 35.9 Å². The molecule has 112 valence electrons. The summed E-state index contributed by atoms with van der Waals surface area (Å²) in [7, 11) is 0. The molecule has 0 aliphatic heterocycles. The van der Waals surface area contributed by atoms with E-state index < -0.39 is 22.6 Å². The zero-order valence-electron chi connectivity index (χ0n) is 11.3. The second kappa shape index (κ2) is 7.57. The van der Waals surface area contributed by atoms with Crippen molar-refractivity contribution in [1.29, 1.82) is 0 Å². The van der Waals surface area contributed by atoms with Gasteiger partial charge in [0.05, 0.1) is 0 Å². The molecule has 20 heavy (non-hydrogen) atoms. The summed E-state index contributed by atoms with van der Waals surface area (Å²) in [5.41, 5.74) is -3.69. The fraction of sp³-hybridized carbons (Fsp3) is 0.500. The number of halogens is 3. The quantitative estimate of drug-likeness (QED) is 0.729. The molecule has 0 aliphatic rings. The molecule has 0 fully saturated rings. The SMILES string of the molecule is CC[C@H](C)C(SC(F)(F)F)C(=O)OCc1ccccc1. The van der Waals surface area contributed by atoms with Crippen molar-refractivity contribution < 1.29 is 22.7 Å². The third-order valence-corrected chi connectivity index (χ3v) is 4.06. The first-order valence-corrected chi connectivity index (χ1v) is 7.16. The van der Waals surface area contributed by atoms with Crippen LogP contribution in [0.4, 0.5) is 13.2 Å². The van der Waals surface area contributed by atoms with Crippen LogP contribution in [0.15, 0.2) is 30.3 Å². The molecule has 1 rings (SSSR count). The van der Waals surface area contributed by atoms with Crippen molar-refractivity contribution in [3.8, 4) is 0 Å². The number of alkyl halides is 3. The molecule has 0 saturated heterocycles. The number of rotatable bonds is 6. The number of hydrogen-bond acceptors (Lipinski definition) is 3. The minimum atomic E-state index is -4.44. The first kappa shape index (κ1) is 16.9. The van der Waals surface area contributed by atoms with E-state index in [0.717, 1.165) is 5.56 Å². The lowest BCUT2D eigenvalue weighted by Gasteiger charge is -2.21. The van der Waals surface area contributed by atoms with Crippen molar-refractivity contribution in [2.75, 3.05) is 0 Å². The first-order chi connectivity index (χ1) is 9.33. The fourth-order valence-corrected chi connectivity index (χ4v) is 2.44. The van der Waals surface area contributed by atoms with Crippen molar-refractivity contribution >= 4 is 17.7 Å². The van der Waals surface area contributed by atoms with E-state index in [1.54, 1.807) is 38.1 Å². The van der Waals surface area contributed by atoms with Gasteiger partial charge in [0.2, 0.25) is 0 Å². The molecule has 0 saturated carbocycles. The van der Waals surface area contributed by atoms with E-state index in [4.69, 9.17) is 4.74 Å². The van der Waals surface area contributed by atoms with Gasteiger partial charge in [0.25, 0.3) is 0 Å². The van der Waals surface area contributed by atoms with Crippen LogP contribution in [0.5, 0.6) is 0 Å². The molecule has 0 aromatic heterocycles. The first-order valence-electron chi connectivity index (χ1n) is 6.28. The molecule has 0 amide bonds. The highest BCUT2D eigenvalue weighted by Gasteiger charge is 2.39. The standard InChI is InChI=1S/C14H17F3O2S/c1-3-10(2)12(20-14(15,16)17)13(18)19-9-11-7-5-4-6-8-11/h4-8,10,12H,3,9H2,1-2H3/t10-,12?/m0/s1. The van der Waals surface area contributed by atoms with Gasteiger partial charge in [-0.3, -0.25) is 4.79 Å². The average molecular weight is 306 g/mol. The van der Waals surface area contributed by atoms with Crippen molar-refractivity contribution in [3.63, 3.8) is 0 Å². The van der Waals surface area contributed by atoms with E-state index in [1.807, 2.05) is 6.07 Å². The van der Waals surface area contributed by atoms with E-state index in [2.05, 4.69) is 0 Å². The van der Waals surface area contributed by atoms with Gasteiger partial charge in [-0.2, -0.15) is 13.2 Å². The monoisotopic (exact) mass is 306 g/mol. The number of ether oxygens (including phenoxy) is 1. The van der Waals surface area contributed by atoms with Gasteiger partial charge in [0.15, 0.2) is 0 Å². The Morgan fingerprint density at radius 1 is 1.30 bits per heavy atom. The van der Waals surface area contributed by atoms with Crippen LogP contribution >= 0.6 is 11.8 Å². The predicted molar refractivity (Wildman–Crippen MR) is 73.1 cm³/mol. The number of carbonyl (C=O) groups is 1. The highest BCUT2D eigenvalue weighted by atomic mass is 32.2. The van der Waals surface area contributed by atoms with Crippen LogP contribution in [0.3, 0.4) is 0 Å². The minimum Gasteiger partial charge on any atom is -0.460 e. The lowest BCUT2D eigenvalue weighted by Crippen LogP contribution is -2.29. The Balaban J connectivity index is 2.64. The zero-order chi connectivity index (χ0) is 15.2. The Labute approximate surface area is 120 Å². The van der Waals surface area contributed by atoms with Crippen molar-refractivity contribution in [2.45, 2.75) is 37.6 Å². The molecule has 0 bridgehead atoms. The van der Waals surface area contributed by atoms with E-state index in [1.165, 1.54) is 0 Å². The molecule has 0 radical (unpaired) electrons. The molecule has 1 aromatic rings. The Kier molecular flexibility index (Phi) is 6.39. The average Bonchev–Trinajstić information content (AvgIpc) is 2.41. The van der Waals surface area contributed by atoms with Gasteiger partial charge < -0.3 is 4.74 Å². The lowest BCUT2D eigenvalue weighted by atomic mass is 10.1. The highest BCUT2D eigenvalue weighted by Crippen LogP contribution is 2.38. The largest absolute Gasteiger partial charge is 0.460 e. The summed E-state index contributed by atoms with van der Waals surface area (Å²) in [5, 5.41) is -1.22. The molecule has 0 aliphatic carbocycles. The third-order valence-electron chi connectivity index (χ3n) is 2.88. The summed E-state index contributed by atoms with van der Waals surface area (Å²) in [4.78, 5) is 11.9. The second-order valence-electron chi connectivity index (χ2n) is 4.46. The molecule has 1 unspecified atom stereocenters. The lowest BCUT2D eigenvalue weighted by molar-refractivity contribution is -0.145. The predicted octanol–water partition coefficient (Wildman–Crippen LogP) is 4.40. The van der Waals surface area contributed by atoms with Gasteiger partial charge in [0.1, 0.15) is 11.9 Å². The summed E-state index contributed by atoms with van der Waals surface area (Å²) >= 11 is -0.297. The summed E-state index contributed by atoms with van der Waals surface area (Å²) < 4.78 is 42.4. The summed E-state index contributed by atoms with van der Waals surface area (Å²) in [6.45, 7) is 3.36. The van der Waals surface area contributed by atoms with Crippen LogP contribution in [0.25, 0.3) is 0 Å². The smallest absolute Gasteiger partial charge is 0.442 e. The molecule has 2 nitrogen and oxygen atoms in total. The molecule has 1 aromatic carbocycles. The topological polar surface area (TPSA) is 26.3 Å². The van der Waals surface area contributed by atoms with Crippen molar-refractivity contribution in [1.82, 2.24) is 0 Å². The number of thioether (sulfide) groups is 1. The normalized spacial score (nSPS) is 14.7. The van der Waals surface area contributed by atoms with Gasteiger partial charge in [-0.1, -0.05) is 50.6 Å². The number of hydrogen-bond donors (Lipinski definition) is 0. The Morgan fingerprint density at radius 2 is 1.90 bits per heavy atom. The molecule has 2 atom stereocenters. The summed E-state index contributed by atoms with van der Waals surface area (Å²) in [5.74, 6) is -1.21. The maximum atomic E-state index is 12.5. The summed E-state index contributed by atoms with van der Waals surface area (Å²) in [6.07, 6.45) is 0.480. The Bertz CT molecular complexity index is 420. The van der Waals surface area contributed by atoms with Gasteiger partial charge >= 0.3 is 11.5 Å². The molecule has 0 N–H and O–H groups in total. The Morgan fingerprint density at radius 3 is 2.40 bits per heavy atom. The van der Waals surface area contributed by atoms with Gasteiger partial charge in [-0.15, -0.1) is 0 Å². The fourth-order valence-electron chi connectivity index (χ4n) is 1.57. The van der Waals surface area contributed by atoms with Crippen LogP contribution in [0.1, 0.15) is 25.8 Å². The van der Waals surface area contributed by atoms with Gasteiger partial charge in [0, 0.05) is 0 Å². The highest BCUT2D eigenvalue weighted by molar-refractivity contribution is 8.01. The van der Waals surface area contributed by atoms with E-state index in [9.17, 15) is 18.0 Å². The van der Waals surface area contributed by atoms with Gasteiger partial charge in [-0.05, 0) is 23.2 Å². The Hall–Kier alpha value is -1.17. The van der Waals surface area contributed by atoms with Crippen LogP contribution in [0, 0.1) is 5.92 Å². The van der Waals surface area contributed by atoms with Crippen LogP contribution in [-0.4, -0.2) is 16.7 Å². The second-order valence-corrected chi connectivity index (χ2v) is 5.67. The van der Waals surface area contributed by atoms with Crippen LogP contribution in [0.2, 0.25) is 0 Å².